The van der Waals surface area contributed by atoms with E-state index in [9.17, 15) is 4.79 Å². The van der Waals surface area contributed by atoms with E-state index in [0.29, 0.717) is 23.6 Å². The molecule has 0 spiro atoms. The molecular weight excluding hydrogens is 248 g/mol. The first-order valence-corrected chi connectivity index (χ1v) is 7.88. The molecule has 2 bridgehead atoms. The number of nitrogens with zero attached hydrogens (tertiary/aromatic N) is 2. The number of carbonyl (C=O) groups is 1. The van der Waals surface area contributed by atoms with Gasteiger partial charge in [-0.25, -0.2) is 0 Å². The maximum absolute atomic E-state index is 12.5. The van der Waals surface area contributed by atoms with Crippen LogP contribution in [0.5, 0.6) is 0 Å². The summed E-state index contributed by atoms with van der Waals surface area (Å²) in [6, 6.07) is 0. The van der Waals surface area contributed by atoms with E-state index < -0.39 is 0 Å². The maximum atomic E-state index is 12.5. The monoisotopic (exact) mass is 270 g/mol. The predicted molar refractivity (Wildman–Crippen MR) is 72.7 cm³/mol. The highest BCUT2D eigenvalue weighted by Crippen LogP contribution is 2.48. The van der Waals surface area contributed by atoms with Gasteiger partial charge in [0.05, 0.1) is 0 Å². The Bertz CT molecular complexity index is 315. The molecule has 1 heterocycles. The van der Waals surface area contributed by atoms with Gasteiger partial charge in [0.25, 0.3) is 0 Å². The average Bonchev–Trinajstić information content (AvgIpc) is 3.01. The molecule has 1 aliphatic heterocycles. The largest absolute Gasteiger partial charge is 0.340 e. The maximum Gasteiger partial charge on any atom is 0.226 e. The summed E-state index contributed by atoms with van der Waals surface area (Å²) in [4.78, 5) is 17.0. The molecule has 3 atom stereocenters. The average molecular weight is 271 g/mol. The number of hydrogen-bond acceptors (Lipinski definition) is 2. The van der Waals surface area contributed by atoms with Gasteiger partial charge in [0.1, 0.15) is 0 Å². The van der Waals surface area contributed by atoms with Crippen molar-refractivity contribution in [2.75, 3.05) is 38.6 Å². The number of piperazine rings is 1. The van der Waals surface area contributed by atoms with Crippen LogP contribution in [0.2, 0.25) is 0 Å². The minimum atomic E-state index is 0.364. The molecule has 1 amide bonds. The number of fused-ring (bicyclic) bond motifs is 2. The normalized spacial score (nSPS) is 36.3. The van der Waals surface area contributed by atoms with Gasteiger partial charge < -0.3 is 4.90 Å². The number of rotatable bonds is 3. The van der Waals surface area contributed by atoms with Crippen molar-refractivity contribution in [3.8, 4) is 0 Å². The van der Waals surface area contributed by atoms with E-state index in [1.807, 2.05) is 0 Å². The van der Waals surface area contributed by atoms with Gasteiger partial charge in [-0.15, -0.1) is 11.6 Å². The standard InChI is InChI=1S/C14H23ClN2O/c15-3-4-16-5-7-17(8-6-16)14(18)13-10-11-1-2-12(13)9-11/h11-13H,1-10H2. The van der Waals surface area contributed by atoms with Crippen LogP contribution in [0, 0.1) is 17.8 Å². The molecule has 2 aliphatic carbocycles. The second kappa shape index (κ2) is 5.38. The fraction of sp³-hybridized carbons (Fsp3) is 0.929. The molecule has 1 saturated heterocycles. The van der Waals surface area contributed by atoms with Crippen molar-refractivity contribution in [3.05, 3.63) is 0 Å². The summed E-state index contributed by atoms with van der Waals surface area (Å²) >= 11 is 5.76. The van der Waals surface area contributed by atoms with Crippen molar-refractivity contribution in [2.24, 2.45) is 17.8 Å². The van der Waals surface area contributed by atoms with Crippen molar-refractivity contribution in [3.63, 3.8) is 0 Å². The summed E-state index contributed by atoms with van der Waals surface area (Å²) in [6.45, 7) is 4.77. The van der Waals surface area contributed by atoms with Crippen LogP contribution in [0.25, 0.3) is 0 Å². The lowest BCUT2D eigenvalue weighted by molar-refractivity contribution is -0.139. The van der Waals surface area contributed by atoms with E-state index in [4.69, 9.17) is 11.6 Å². The third-order valence-corrected chi connectivity index (χ3v) is 5.31. The zero-order valence-electron chi connectivity index (χ0n) is 11.0. The van der Waals surface area contributed by atoms with Gasteiger partial charge in [-0.05, 0) is 31.1 Å². The van der Waals surface area contributed by atoms with Crippen LogP contribution >= 0.6 is 11.6 Å². The summed E-state index contributed by atoms with van der Waals surface area (Å²) in [5.41, 5.74) is 0. The minimum absolute atomic E-state index is 0.364. The van der Waals surface area contributed by atoms with E-state index in [1.165, 1.54) is 25.7 Å². The summed E-state index contributed by atoms with van der Waals surface area (Å²) in [5, 5.41) is 0. The van der Waals surface area contributed by atoms with Gasteiger partial charge in [0.15, 0.2) is 0 Å². The molecule has 102 valence electrons. The van der Waals surface area contributed by atoms with Gasteiger partial charge in [0, 0.05) is 44.5 Å². The van der Waals surface area contributed by atoms with E-state index in [2.05, 4.69) is 9.80 Å². The lowest BCUT2D eigenvalue weighted by Crippen LogP contribution is -2.51. The van der Waals surface area contributed by atoms with Gasteiger partial charge in [0.2, 0.25) is 5.91 Å². The first kappa shape index (κ1) is 12.7. The predicted octanol–water partition coefficient (Wildman–Crippen LogP) is 1.81. The summed E-state index contributed by atoms with van der Waals surface area (Å²) in [6.07, 6.45) is 5.17. The second-order valence-corrected chi connectivity index (χ2v) is 6.52. The lowest BCUT2D eigenvalue weighted by Gasteiger charge is -2.37. The molecule has 3 rings (SSSR count). The highest BCUT2D eigenvalue weighted by atomic mass is 35.5. The number of halogens is 1. The quantitative estimate of drug-likeness (QED) is 0.731. The van der Waals surface area contributed by atoms with Crippen LogP contribution in [0.4, 0.5) is 0 Å². The molecule has 3 unspecified atom stereocenters. The first-order valence-electron chi connectivity index (χ1n) is 7.35. The molecule has 2 saturated carbocycles. The second-order valence-electron chi connectivity index (χ2n) is 6.14. The number of hydrogen-bond donors (Lipinski definition) is 0. The Kier molecular flexibility index (Phi) is 3.81. The zero-order chi connectivity index (χ0) is 12.5. The number of carbonyl (C=O) groups excluding carboxylic acids is 1. The fourth-order valence-corrected chi connectivity index (χ4v) is 4.33. The Morgan fingerprint density at radius 1 is 1.11 bits per heavy atom. The smallest absolute Gasteiger partial charge is 0.226 e. The van der Waals surface area contributed by atoms with E-state index >= 15 is 0 Å². The Morgan fingerprint density at radius 3 is 2.44 bits per heavy atom. The van der Waals surface area contributed by atoms with Crippen LogP contribution in [-0.2, 0) is 4.79 Å². The molecule has 18 heavy (non-hydrogen) atoms. The van der Waals surface area contributed by atoms with Crippen molar-refractivity contribution in [2.45, 2.75) is 25.7 Å². The lowest BCUT2D eigenvalue weighted by atomic mass is 9.87. The molecule has 0 N–H and O–H groups in total. The van der Waals surface area contributed by atoms with Crippen LogP contribution in [0.3, 0.4) is 0 Å². The van der Waals surface area contributed by atoms with Crippen LogP contribution in [-0.4, -0.2) is 54.3 Å². The Hall–Kier alpha value is -0.280. The van der Waals surface area contributed by atoms with Crippen molar-refractivity contribution in [1.82, 2.24) is 9.80 Å². The number of alkyl halides is 1. The zero-order valence-corrected chi connectivity index (χ0v) is 11.7. The van der Waals surface area contributed by atoms with Crippen molar-refractivity contribution >= 4 is 17.5 Å². The van der Waals surface area contributed by atoms with Crippen molar-refractivity contribution in [1.29, 1.82) is 0 Å². The first-order chi connectivity index (χ1) is 8.78. The molecule has 3 aliphatic rings. The van der Waals surface area contributed by atoms with E-state index in [0.717, 1.165) is 38.6 Å². The molecule has 3 nitrogen and oxygen atoms in total. The van der Waals surface area contributed by atoms with Gasteiger partial charge >= 0.3 is 0 Å². The highest BCUT2D eigenvalue weighted by molar-refractivity contribution is 6.18. The third-order valence-electron chi connectivity index (χ3n) is 5.14. The molecule has 3 fully saturated rings. The summed E-state index contributed by atoms with van der Waals surface area (Å²) < 4.78 is 0. The van der Waals surface area contributed by atoms with Crippen LogP contribution in [0.15, 0.2) is 0 Å². The van der Waals surface area contributed by atoms with Crippen LogP contribution in [0.1, 0.15) is 25.7 Å². The molecule has 0 aromatic carbocycles. The van der Waals surface area contributed by atoms with E-state index in [-0.39, 0.29) is 0 Å². The fourth-order valence-electron chi connectivity index (χ4n) is 4.09. The number of amides is 1. The molecular formula is C14H23ClN2O. The van der Waals surface area contributed by atoms with Crippen LogP contribution < -0.4 is 0 Å². The van der Waals surface area contributed by atoms with E-state index in [1.54, 1.807) is 0 Å². The SMILES string of the molecule is O=C(C1CC2CCC1C2)N1CCN(CCCl)CC1. The molecule has 4 heteroatoms. The van der Waals surface area contributed by atoms with Gasteiger partial charge in [-0.1, -0.05) is 6.42 Å². The highest BCUT2D eigenvalue weighted by Gasteiger charge is 2.44. The topological polar surface area (TPSA) is 23.6 Å². The molecule has 0 aromatic heterocycles. The Labute approximate surface area is 114 Å². The third kappa shape index (κ3) is 2.39. The van der Waals surface area contributed by atoms with Crippen molar-refractivity contribution < 1.29 is 4.79 Å². The van der Waals surface area contributed by atoms with Gasteiger partial charge in [-0.2, -0.15) is 0 Å². The minimum Gasteiger partial charge on any atom is -0.340 e. The Morgan fingerprint density at radius 2 is 1.89 bits per heavy atom. The summed E-state index contributed by atoms with van der Waals surface area (Å²) in [5.74, 6) is 3.08. The molecule has 0 radical (unpaired) electrons. The van der Waals surface area contributed by atoms with Gasteiger partial charge in [-0.3, -0.25) is 9.69 Å². The Balaban J connectivity index is 1.52. The summed E-state index contributed by atoms with van der Waals surface area (Å²) in [7, 11) is 0. The molecule has 0 aromatic rings.